The minimum atomic E-state index is -2.91. The van der Waals surface area contributed by atoms with E-state index in [-0.39, 0.29) is 5.65 Å². The van der Waals surface area contributed by atoms with Gasteiger partial charge in [-0.2, -0.15) is 0 Å². The molecule has 0 spiro atoms. The third-order valence-electron chi connectivity index (χ3n) is 2.02. The monoisotopic (exact) mass is 290 g/mol. The van der Waals surface area contributed by atoms with E-state index in [1.165, 1.54) is 12.3 Å². The first-order chi connectivity index (χ1) is 7.50. The van der Waals surface area contributed by atoms with Gasteiger partial charge in [0, 0.05) is 10.7 Å². The molecule has 1 N–H and O–H groups in total. The zero-order valence-electron chi connectivity index (χ0n) is 7.69. The number of halogens is 3. The van der Waals surface area contributed by atoms with Crippen molar-refractivity contribution in [2.75, 3.05) is 0 Å². The van der Waals surface area contributed by atoms with Crippen molar-refractivity contribution in [3.8, 4) is 0 Å². The van der Waals surface area contributed by atoms with Gasteiger partial charge in [-0.05, 0) is 28.1 Å². The molecule has 0 saturated heterocycles. The Bertz CT molecular complexity index is 568. The number of pyridine rings is 1. The molecule has 0 radical (unpaired) electrons. The first-order valence-corrected chi connectivity index (χ1v) is 4.99. The van der Waals surface area contributed by atoms with Gasteiger partial charge >= 0.3 is 5.97 Å². The fourth-order valence-electron chi connectivity index (χ4n) is 1.40. The Morgan fingerprint density at radius 2 is 2.19 bits per heavy atom. The minimum absolute atomic E-state index is 0.177. The van der Waals surface area contributed by atoms with Crippen molar-refractivity contribution in [3.63, 3.8) is 0 Å². The first kappa shape index (κ1) is 11.0. The number of aromatic carboxylic acids is 1. The highest BCUT2D eigenvalue weighted by molar-refractivity contribution is 9.10. The minimum Gasteiger partial charge on any atom is -0.476 e. The van der Waals surface area contributed by atoms with E-state index in [1.54, 1.807) is 6.07 Å². The lowest BCUT2D eigenvalue weighted by Gasteiger charge is -1.99. The van der Waals surface area contributed by atoms with Crippen LogP contribution in [0.25, 0.3) is 5.65 Å². The smallest absolute Gasteiger partial charge is 0.355 e. The molecule has 4 nitrogen and oxygen atoms in total. The molecule has 7 heteroatoms. The molecule has 0 saturated carbocycles. The summed E-state index contributed by atoms with van der Waals surface area (Å²) in [6.45, 7) is 0. The lowest BCUT2D eigenvalue weighted by molar-refractivity contribution is 0.0675. The molecule has 0 amide bonds. The van der Waals surface area contributed by atoms with Crippen molar-refractivity contribution in [1.82, 2.24) is 9.38 Å². The van der Waals surface area contributed by atoms with Gasteiger partial charge in [0.2, 0.25) is 0 Å². The van der Waals surface area contributed by atoms with E-state index in [0.717, 1.165) is 4.40 Å². The fourth-order valence-corrected chi connectivity index (χ4v) is 1.74. The van der Waals surface area contributed by atoms with E-state index in [4.69, 9.17) is 5.11 Å². The molecular formula is C9H5BrF2N2O2. The number of hydrogen-bond donors (Lipinski definition) is 1. The zero-order chi connectivity index (χ0) is 11.9. The summed E-state index contributed by atoms with van der Waals surface area (Å²) in [6, 6.07) is 3.06. The molecule has 0 aliphatic carbocycles. The van der Waals surface area contributed by atoms with Crippen LogP contribution in [0.15, 0.2) is 22.8 Å². The highest BCUT2D eigenvalue weighted by atomic mass is 79.9. The molecular weight excluding hydrogens is 286 g/mol. The molecule has 0 aliphatic heterocycles. The molecule has 0 fully saturated rings. The number of rotatable bonds is 2. The number of alkyl halides is 2. The van der Waals surface area contributed by atoms with Crippen molar-refractivity contribution in [2.24, 2.45) is 0 Å². The molecule has 0 atom stereocenters. The van der Waals surface area contributed by atoms with Crippen LogP contribution in [0.3, 0.4) is 0 Å². The maximum absolute atomic E-state index is 12.6. The van der Waals surface area contributed by atoms with Crippen molar-refractivity contribution >= 4 is 27.5 Å². The highest BCUT2D eigenvalue weighted by Crippen LogP contribution is 2.24. The lowest BCUT2D eigenvalue weighted by atomic mass is 10.3. The molecule has 2 rings (SSSR count). The Morgan fingerprint density at radius 3 is 2.75 bits per heavy atom. The van der Waals surface area contributed by atoms with Crippen LogP contribution in [-0.2, 0) is 0 Å². The van der Waals surface area contributed by atoms with E-state index in [2.05, 4.69) is 20.9 Å². The van der Waals surface area contributed by atoms with Crippen LogP contribution in [0.2, 0.25) is 0 Å². The van der Waals surface area contributed by atoms with Crippen molar-refractivity contribution < 1.29 is 18.7 Å². The van der Waals surface area contributed by atoms with E-state index in [0.29, 0.717) is 4.47 Å². The fraction of sp³-hybridized carbons (Fsp3) is 0.111. The second kappa shape index (κ2) is 3.82. The Hall–Kier alpha value is -1.50. The van der Waals surface area contributed by atoms with E-state index in [1.807, 2.05) is 0 Å². The molecule has 0 unspecified atom stereocenters. The Balaban J connectivity index is 2.82. The van der Waals surface area contributed by atoms with Crippen LogP contribution in [-0.4, -0.2) is 20.5 Å². The van der Waals surface area contributed by atoms with E-state index < -0.39 is 23.8 Å². The standard InChI is InChI=1S/C9H5BrF2N2O2/c10-4-1-2-5-13-6(8(11)12)7(9(15)16)14(5)3-4/h1-3,8H,(H,15,16). The summed E-state index contributed by atoms with van der Waals surface area (Å²) in [5, 5.41) is 8.88. The molecule has 2 heterocycles. The summed E-state index contributed by atoms with van der Waals surface area (Å²) in [6.07, 6.45) is -1.53. The summed E-state index contributed by atoms with van der Waals surface area (Å²) in [5.41, 5.74) is -1.05. The SMILES string of the molecule is O=C(O)c1c(C(F)F)nc2ccc(Br)cn12. The van der Waals surface area contributed by atoms with Crippen LogP contribution < -0.4 is 0 Å². The number of nitrogens with zero attached hydrogens (tertiary/aromatic N) is 2. The zero-order valence-corrected chi connectivity index (χ0v) is 9.28. The van der Waals surface area contributed by atoms with Crippen molar-refractivity contribution in [1.29, 1.82) is 0 Å². The van der Waals surface area contributed by atoms with Gasteiger partial charge in [0.15, 0.2) is 5.69 Å². The van der Waals surface area contributed by atoms with Crippen LogP contribution in [0, 0.1) is 0 Å². The van der Waals surface area contributed by atoms with Crippen molar-refractivity contribution in [2.45, 2.75) is 6.43 Å². The van der Waals surface area contributed by atoms with Gasteiger partial charge in [-0.3, -0.25) is 4.40 Å². The molecule has 84 valence electrons. The third-order valence-corrected chi connectivity index (χ3v) is 2.49. The predicted octanol–water partition coefficient (Wildman–Crippen LogP) is 2.73. The summed E-state index contributed by atoms with van der Waals surface area (Å²) in [7, 11) is 0. The van der Waals surface area contributed by atoms with Crippen LogP contribution in [0.4, 0.5) is 8.78 Å². The van der Waals surface area contributed by atoms with Crippen LogP contribution in [0.1, 0.15) is 22.6 Å². The Morgan fingerprint density at radius 1 is 1.50 bits per heavy atom. The molecule has 2 aromatic rings. The third kappa shape index (κ3) is 1.67. The largest absolute Gasteiger partial charge is 0.476 e. The second-order valence-corrected chi connectivity index (χ2v) is 3.94. The number of carboxylic acid groups (broad SMARTS) is 1. The molecule has 0 aliphatic rings. The van der Waals surface area contributed by atoms with Gasteiger partial charge in [-0.15, -0.1) is 0 Å². The predicted molar refractivity (Wildman–Crippen MR) is 54.8 cm³/mol. The van der Waals surface area contributed by atoms with Crippen LogP contribution >= 0.6 is 15.9 Å². The number of fused-ring (bicyclic) bond motifs is 1. The van der Waals surface area contributed by atoms with Crippen LogP contribution in [0.5, 0.6) is 0 Å². The number of imidazole rings is 1. The number of hydrogen-bond acceptors (Lipinski definition) is 2. The van der Waals surface area contributed by atoms with Crippen molar-refractivity contribution in [3.05, 3.63) is 34.2 Å². The number of carbonyl (C=O) groups is 1. The quantitative estimate of drug-likeness (QED) is 0.925. The maximum Gasteiger partial charge on any atom is 0.355 e. The molecule has 0 aromatic carbocycles. The second-order valence-electron chi connectivity index (χ2n) is 3.03. The van der Waals surface area contributed by atoms with E-state index >= 15 is 0 Å². The number of carboxylic acids is 1. The molecule has 0 bridgehead atoms. The Kier molecular flexibility index (Phi) is 2.63. The van der Waals surface area contributed by atoms with Gasteiger partial charge in [-0.1, -0.05) is 0 Å². The summed E-state index contributed by atoms with van der Waals surface area (Å²) in [5.74, 6) is -1.43. The summed E-state index contributed by atoms with van der Waals surface area (Å²) >= 11 is 3.13. The van der Waals surface area contributed by atoms with Gasteiger partial charge < -0.3 is 5.11 Å². The molecule has 2 aromatic heterocycles. The van der Waals surface area contributed by atoms with E-state index in [9.17, 15) is 13.6 Å². The normalized spacial score (nSPS) is 11.2. The van der Waals surface area contributed by atoms with Gasteiger partial charge in [0.1, 0.15) is 11.3 Å². The maximum atomic E-state index is 12.6. The first-order valence-electron chi connectivity index (χ1n) is 4.19. The average Bonchev–Trinajstić information content (AvgIpc) is 2.55. The average molecular weight is 291 g/mol. The van der Waals surface area contributed by atoms with Gasteiger partial charge in [0.05, 0.1) is 0 Å². The number of aromatic nitrogens is 2. The summed E-state index contributed by atoms with van der Waals surface area (Å²) < 4.78 is 26.9. The summed E-state index contributed by atoms with van der Waals surface area (Å²) in [4.78, 5) is 14.5. The molecule has 16 heavy (non-hydrogen) atoms. The van der Waals surface area contributed by atoms with Gasteiger partial charge in [0.25, 0.3) is 6.43 Å². The highest BCUT2D eigenvalue weighted by Gasteiger charge is 2.24. The Labute approximate surface area is 96.7 Å². The van der Waals surface area contributed by atoms with Gasteiger partial charge in [-0.25, -0.2) is 18.6 Å². The topological polar surface area (TPSA) is 54.6 Å². The lowest BCUT2D eigenvalue weighted by Crippen LogP contribution is -2.05.